The Kier molecular flexibility index (Phi) is 1.69. The van der Waals surface area contributed by atoms with Gasteiger partial charge < -0.3 is 10.4 Å². The third-order valence-electron chi connectivity index (χ3n) is 1.73. The number of carbonyl (C=O) groups is 1. The van der Waals surface area contributed by atoms with Crippen LogP contribution in [0.2, 0.25) is 0 Å². The van der Waals surface area contributed by atoms with E-state index in [0.717, 1.165) is 16.5 Å². The Morgan fingerprint density at radius 1 is 1.58 bits per heavy atom. The Labute approximate surface area is 73.8 Å². The van der Waals surface area contributed by atoms with Gasteiger partial charge in [0.05, 0.1) is 17.1 Å². The van der Waals surface area contributed by atoms with Crippen LogP contribution in [0.1, 0.15) is 10.4 Å². The van der Waals surface area contributed by atoms with Gasteiger partial charge in [-0.1, -0.05) is 6.07 Å². The summed E-state index contributed by atoms with van der Waals surface area (Å²) in [4.78, 5) is 11.7. The predicted octanol–water partition coefficient (Wildman–Crippen LogP) is 1.86. The molecular formula is C8H7NO2S. The Balaban J connectivity index is 2.56. The lowest BCUT2D eigenvalue weighted by molar-refractivity contribution is 0.0698. The summed E-state index contributed by atoms with van der Waals surface area (Å²) in [6.45, 7) is 0. The lowest BCUT2D eigenvalue weighted by Crippen LogP contribution is -2.01. The highest BCUT2D eigenvalue weighted by molar-refractivity contribution is 7.99. The van der Waals surface area contributed by atoms with Crippen LogP contribution >= 0.6 is 11.8 Å². The SMILES string of the molecule is O=C(O)c1cccc2c1NCS2. The van der Waals surface area contributed by atoms with Gasteiger partial charge in [-0.15, -0.1) is 11.8 Å². The quantitative estimate of drug-likeness (QED) is 0.694. The second-order valence-corrected chi connectivity index (χ2v) is 3.47. The molecule has 0 fully saturated rings. The zero-order chi connectivity index (χ0) is 8.55. The first kappa shape index (κ1) is 7.49. The van der Waals surface area contributed by atoms with E-state index in [2.05, 4.69) is 5.32 Å². The van der Waals surface area contributed by atoms with Gasteiger partial charge in [-0.25, -0.2) is 4.79 Å². The van der Waals surface area contributed by atoms with Gasteiger partial charge in [0.25, 0.3) is 0 Å². The van der Waals surface area contributed by atoms with E-state index in [9.17, 15) is 4.79 Å². The Morgan fingerprint density at radius 2 is 2.42 bits per heavy atom. The summed E-state index contributed by atoms with van der Waals surface area (Å²) < 4.78 is 0. The van der Waals surface area contributed by atoms with E-state index in [0.29, 0.717) is 5.56 Å². The minimum absolute atomic E-state index is 0.359. The number of fused-ring (bicyclic) bond motifs is 1. The topological polar surface area (TPSA) is 49.3 Å². The Hall–Kier alpha value is -1.16. The van der Waals surface area contributed by atoms with Crippen molar-refractivity contribution in [3.63, 3.8) is 0 Å². The van der Waals surface area contributed by atoms with Crippen molar-refractivity contribution < 1.29 is 9.90 Å². The smallest absolute Gasteiger partial charge is 0.337 e. The second-order valence-electron chi connectivity index (χ2n) is 2.45. The van der Waals surface area contributed by atoms with Gasteiger partial charge in [-0.2, -0.15) is 0 Å². The van der Waals surface area contributed by atoms with Gasteiger partial charge >= 0.3 is 5.97 Å². The molecule has 4 heteroatoms. The lowest BCUT2D eigenvalue weighted by Gasteiger charge is -2.01. The number of rotatable bonds is 1. The molecule has 0 saturated heterocycles. The molecule has 1 aromatic carbocycles. The van der Waals surface area contributed by atoms with Crippen LogP contribution in [0.4, 0.5) is 5.69 Å². The van der Waals surface area contributed by atoms with Crippen molar-refractivity contribution in [2.45, 2.75) is 4.90 Å². The molecule has 1 heterocycles. The van der Waals surface area contributed by atoms with Crippen LogP contribution in [0.15, 0.2) is 23.1 Å². The van der Waals surface area contributed by atoms with Crippen molar-refractivity contribution in [3.8, 4) is 0 Å². The maximum atomic E-state index is 10.7. The molecule has 62 valence electrons. The molecule has 0 bridgehead atoms. The number of thioether (sulfide) groups is 1. The number of nitrogens with one attached hydrogen (secondary N) is 1. The number of carboxylic acid groups (broad SMARTS) is 1. The van der Waals surface area contributed by atoms with Crippen LogP contribution in [0.5, 0.6) is 0 Å². The van der Waals surface area contributed by atoms with E-state index in [1.165, 1.54) is 0 Å². The molecule has 0 spiro atoms. The molecular weight excluding hydrogens is 174 g/mol. The summed E-state index contributed by atoms with van der Waals surface area (Å²) >= 11 is 1.62. The molecule has 0 atom stereocenters. The Bertz CT molecular complexity index is 338. The zero-order valence-electron chi connectivity index (χ0n) is 6.20. The number of hydrogen-bond donors (Lipinski definition) is 2. The summed E-state index contributed by atoms with van der Waals surface area (Å²) in [5.41, 5.74) is 1.12. The molecule has 1 aliphatic rings. The summed E-state index contributed by atoms with van der Waals surface area (Å²) in [6.07, 6.45) is 0. The van der Waals surface area contributed by atoms with Crippen LogP contribution in [0.25, 0.3) is 0 Å². The molecule has 0 aromatic heterocycles. The fraction of sp³-hybridized carbons (Fsp3) is 0.125. The minimum atomic E-state index is -0.873. The van der Waals surface area contributed by atoms with Crippen molar-refractivity contribution in [2.75, 3.05) is 11.2 Å². The molecule has 0 radical (unpaired) electrons. The summed E-state index contributed by atoms with van der Waals surface area (Å²) in [6, 6.07) is 5.30. The third kappa shape index (κ3) is 1.04. The van der Waals surface area contributed by atoms with Crippen molar-refractivity contribution in [1.82, 2.24) is 0 Å². The summed E-state index contributed by atoms with van der Waals surface area (Å²) in [5, 5.41) is 11.8. The van der Waals surface area contributed by atoms with E-state index in [-0.39, 0.29) is 0 Å². The molecule has 1 aliphatic heterocycles. The molecule has 3 nitrogen and oxygen atoms in total. The normalized spacial score (nSPS) is 13.7. The average molecular weight is 181 g/mol. The first-order valence-corrected chi connectivity index (χ1v) is 4.50. The molecule has 2 rings (SSSR count). The van der Waals surface area contributed by atoms with Crippen molar-refractivity contribution in [1.29, 1.82) is 0 Å². The van der Waals surface area contributed by atoms with Crippen LogP contribution < -0.4 is 5.32 Å². The Morgan fingerprint density at radius 3 is 3.17 bits per heavy atom. The predicted molar refractivity (Wildman–Crippen MR) is 47.7 cm³/mol. The van der Waals surface area contributed by atoms with Gasteiger partial charge in [-0.05, 0) is 12.1 Å². The average Bonchev–Trinajstić information content (AvgIpc) is 2.49. The van der Waals surface area contributed by atoms with Crippen LogP contribution in [0, 0.1) is 0 Å². The molecule has 0 saturated carbocycles. The molecule has 12 heavy (non-hydrogen) atoms. The minimum Gasteiger partial charge on any atom is -0.478 e. The van der Waals surface area contributed by atoms with Gasteiger partial charge in [0.15, 0.2) is 0 Å². The third-order valence-corrected chi connectivity index (χ3v) is 2.67. The second kappa shape index (κ2) is 2.71. The van der Waals surface area contributed by atoms with E-state index in [1.54, 1.807) is 23.9 Å². The highest BCUT2D eigenvalue weighted by atomic mass is 32.2. The molecule has 2 N–H and O–H groups in total. The number of anilines is 1. The largest absolute Gasteiger partial charge is 0.478 e. The van der Waals surface area contributed by atoms with E-state index in [1.807, 2.05) is 6.07 Å². The van der Waals surface area contributed by atoms with E-state index in [4.69, 9.17) is 5.11 Å². The van der Waals surface area contributed by atoms with Crippen molar-refractivity contribution in [3.05, 3.63) is 23.8 Å². The van der Waals surface area contributed by atoms with Crippen molar-refractivity contribution >= 4 is 23.4 Å². The summed E-state index contributed by atoms with van der Waals surface area (Å²) in [5.74, 6) is -0.110. The number of aromatic carboxylic acids is 1. The molecule has 0 aliphatic carbocycles. The number of benzene rings is 1. The van der Waals surface area contributed by atoms with Crippen molar-refractivity contribution in [2.24, 2.45) is 0 Å². The first-order valence-electron chi connectivity index (χ1n) is 3.52. The van der Waals surface area contributed by atoms with E-state index < -0.39 is 5.97 Å². The highest BCUT2D eigenvalue weighted by Gasteiger charge is 2.17. The van der Waals surface area contributed by atoms with Gasteiger partial charge in [0.2, 0.25) is 0 Å². The fourth-order valence-corrected chi connectivity index (χ4v) is 2.07. The van der Waals surface area contributed by atoms with Gasteiger partial charge in [-0.3, -0.25) is 0 Å². The first-order chi connectivity index (χ1) is 5.79. The number of carboxylic acids is 1. The standard InChI is InChI=1S/C8H7NO2S/c10-8(11)5-2-1-3-6-7(5)9-4-12-6/h1-3,9H,4H2,(H,10,11). The van der Waals surface area contributed by atoms with Crippen LogP contribution in [0.3, 0.4) is 0 Å². The van der Waals surface area contributed by atoms with Gasteiger partial charge in [0, 0.05) is 4.90 Å². The molecule has 1 aromatic rings. The maximum absolute atomic E-state index is 10.7. The van der Waals surface area contributed by atoms with Crippen LogP contribution in [-0.4, -0.2) is 17.0 Å². The van der Waals surface area contributed by atoms with E-state index >= 15 is 0 Å². The monoisotopic (exact) mass is 181 g/mol. The number of hydrogen-bond acceptors (Lipinski definition) is 3. The molecule has 0 amide bonds. The maximum Gasteiger partial charge on any atom is 0.337 e. The zero-order valence-corrected chi connectivity index (χ0v) is 7.02. The highest BCUT2D eigenvalue weighted by Crippen LogP contribution is 2.35. The lowest BCUT2D eigenvalue weighted by atomic mass is 10.2. The molecule has 0 unspecified atom stereocenters. The fourth-order valence-electron chi connectivity index (χ4n) is 1.20. The number of para-hydroxylation sites is 1. The van der Waals surface area contributed by atoms with Gasteiger partial charge in [0.1, 0.15) is 0 Å². The summed E-state index contributed by atoms with van der Waals surface area (Å²) in [7, 11) is 0. The van der Waals surface area contributed by atoms with Crippen LogP contribution in [-0.2, 0) is 0 Å².